The zero-order chi connectivity index (χ0) is 13.8. The molecule has 1 aromatic heterocycles. The number of hydrogen-bond donors (Lipinski definition) is 2. The zero-order valence-electron chi connectivity index (χ0n) is 11.2. The van der Waals surface area contributed by atoms with Crippen molar-refractivity contribution in [1.82, 2.24) is 9.97 Å². The first-order valence-corrected chi connectivity index (χ1v) is 6.51. The fourth-order valence-electron chi connectivity index (χ4n) is 1.75. The minimum atomic E-state index is 0.149. The molecule has 0 aliphatic carbocycles. The van der Waals surface area contributed by atoms with Gasteiger partial charge in [0.2, 0.25) is 5.95 Å². The van der Waals surface area contributed by atoms with E-state index in [2.05, 4.69) is 27.5 Å². The molecule has 2 aromatic rings. The van der Waals surface area contributed by atoms with Crippen LogP contribution in [0.5, 0.6) is 0 Å². The van der Waals surface area contributed by atoms with Crippen molar-refractivity contribution < 1.29 is 0 Å². The lowest BCUT2D eigenvalue weighted by atomic mass is 10.1. The smallest absolute Gasteiger partial charge is 0.224 e. The van der Waals surface area contributed by atoms with Gasteiger partial charge < -0.3 is 10.6 Å². The molecule has 0 spiro atoms. The van der Waals surface area contributed by atoms with Gasteiger partial charge in [-0.05, 0) is 31.5 Å². The van der Waals surface area contributed by atoms with Crippen LogP contribution in [0, 0.1) is 6.92 Å². The van der Waals surface area contributed by atoms with E-state index in [0.717, 1.165) is 22.0 Å². The Morgan fingerprint density at radius 2 is 1.89 bits per heavy atom. The van der Waals surface area contributed by atoms with Crippen molar-refractivity contribution >= 4 is 23.4 Å². The molecule has 0 bridgehead atoms. The third-order valence-electron chi connectivity index (χ3n) is 2.92. The molecule has 2 N–H and O–H groups in total. The molecule has 2 rings (SSSR count). The van der Waals surface area contributed by atoms with E-state index in [1.807, 2.05) is 31.2 Å². The van der Waals surface area contributed by atoms with Gasteiger partial charge in [-0.1, -0.05) is 23.7 Å². The van der Waals surface area contributed by atoms with Crippen LogP contribution >= 0.6 is 11.6 Å². The molecular formula is C14H17ClN4. The first-order valence-electron chi connectivity index (χ1n) is 6.13. The number of nitrogens with zero attached hydrogens (tertiary/aromatic N) is 2. The lowest BCUT2D eigenvalue weighted by Gasteiger charge is -2.17. The molecule has 0 aliphatic rings. The SMILES string of the molecule is CNc1ncc(C)c(NC(C)c2ccc(Cl)cc2)n1. The summed E-state index contributed by atoms with van der Waals surface area (Å²) in [6.07, 6.45) is 1.80. The Kier molecular flexibility index (Phi) is 4.22. The molecule has 1 heterocycles. The van der Waals surface area contributed by atoms with Crippen LogP contribution in [0.15, 0.2) is 30.5 Å². The van der Waals surface area contributed by atoms with Gasteiger partial charge in [0.25, 0.3) is 0 Å². The Hall–Kier alpha value is -1.81. The summed E-state index contributed by atoms with van der Waals surface area (Å²) in [6, 6.07) is 7.95. The minimum absolute atomic E-state index is 0.149. The average molecular weight is 277 g/mol. The van der Waals surface area contributed by atoms with Gasteiger partial charge in [-0.15, -0.1) is 0 Å². The molecule has 1 atom stereocenters. The number of benzene rings is 1. The predicted molar refractivity (Wildman–Crippen MR) is 79.8 cm³/mol. The van der Waals surface area contributed by atoms with Gasteiger partial charge in [0.15, 0.2) is 0 Å². The van der Waals surface area contributed by atoms with Crippen molar-refractivity contribution in [3.63, 3.8) is 0 Å². The Labute approximate surface area is 118 Å². The molecule has 0 fully saturated rings. The Bertz CT molecular complexity index is 554. The molecule has 0 saturated carbocycles. The fraction of sp³-hybridized carbons (Fsp3) is 0.286. The molecule has 19 heavy (non-hydrogen) atoms. The van der Waals surface area contributed by atoms with Crippen LogP contribution < -0.4 is 10.6 Å². The van der Waals surface area contributed by atoms with Crippen LogP contribution in [-0.4, -0.2) is 17.0 Å². The topological polar surface area (TPSA) is 49.8 Å². The van der Waals surface area contributed by atoms with Crippen LogP contribution in [-0.2, 0) is 0 Å². The molecule has 1 aromatic carbocycles. The van der Waals surface area contributed by atoms with Gasteiger partial charge in [0.1, 0.15) is 5.82 Å². The van der Waals surface area contributed by atoms with Crippen LogP contribution in [0.3, 0.4) is 0 Å². The summed E-state index contributed by atoms with van der Waals surface area (Å²) in [6.45, 7) is 4.07. The lowest BCUT2D eigenvalue weighted by Crippen LogP contribution is -2.10. The van der Waals surface area contributed by atoms with E-state index in [9.17, 15) is 0 Å². The van der Waals surface area contributed by atoms with Crippen LogP contribution in [0.1, 0.15) is 24.1 Å². The summed E-state index contributed by atoms with van der Waals surface area (Å²) in [5.41, 5.74) is 2.17. The van der Waals surface area contributed by atoms with E-state index < -0.39 is 0 Å². The van der Waals surface area contributed by atoms with E-state index in [0.29, 0.717) is 5.95 Å². The maximum atomic E-state index is 5.89. The molecule has 1 unspecified atom stereocenters. The molecule has 0 radical (unpaired) electrons. The van der Waals surface area contributed by atoms with Crippen LogP contribution in [0.4, 0.5) is 11.8 Å². The number of rotatable bonds is 4. The molecule has 100 valence electrons. The highest BCUT2D eigenvalue weighted by atomic mass is 35.5. The van der Waals surface area contributed by atoms with E-state index >= 15 is 0 Å². The number of halogens is 1. The number of aromatic nitrogens is 2. The molecule has 0 amide bonds. The lowest BCUT2D eigenvalue weighted by molar-refractivity contribution is 0.868. The van der Waals surface area contributed by atoms with E-state index in [1.165, 1.54) is 0 Å². The summed E-state index contributed by atoms with van der Waals surface area (Å²) in [5.74, 6) is 1.44. The summed E-state index contributed by atoms with van der Waals surface area (Å²) in [7, 11) is 1.80. The van der Waals surface area contributed by atoms with Gasteiger partial charge in [-0.25, -0.2) is 4.98 Å². The van der Waals surface area contributed by atoms with Crippen molar-refractivity contribution in [1.29, 1.82) is 0 Å². The van der Waals surface area contributed by atoms with Crippen molar-refractivity contribution in [3.8, 4) is 0 Å². The summed E-state index contributed by atoms with van der Waals surface area (Å²) < 4.78 is 0. The second kappa shape index (κ2) is 5.89. The normalized spacial score (nSPS) is 12.0. The zero-order valence-corrected chi connectivity index (χ0v) is 12.0. The molecule has 0 aliphatic heterocycles. The summed E-state index contributed by atoms with van der Waals surface area (Å²) >= 11 is 5.89. The van der Waals surface area contributed by atoms with E-state index in [-0.39, 0.29) is 6.04 Å². The summed E-state index contributed by atoms with van der Waals surface area (Å²) in [4.78, 5) is 8.58. The Morgan fingerprint density at radius 1 is 1.21 bits per heavy atom. The maximum Gasteiger partial charge on any atom is 0.224 e. The van der Waals surface area contributed by atoms with Crippen molar-refractivity contribution in [2.45, 2.75) is 19.9 Å². The number of nitrogens with one attached hydrogen (secondary N) is 2. The Balaban J connectivity index is 2.18. The van der Waals surface area contributed by atoms with Gasteiger partial charge in [0.05, 0.1) is 0 Å². The molecule has 0 saturated heterocycles. The van der Waals surface area contributed by atoms with Gasteiger partial charge in [-0.3, -0.25) is 0 Å². The van der Waals surface area contributed by atoms with E-state index in [4.69, 9.17) is 11.6 Å². The summed E-state index contributed by atoms with van der Waals surface area (Å²) in [5, 5.41) is 7.06. The monoisotopic (exact) mass is 276 g/mol. The minimum Gasteiger partial charge on any atom is -0.363 e. The second-order valence-corrected chi connectivity index (χ2v) is 4.83. The third-order valence-corrected chi connectivity index (χ3v) is 3.17. The third kappa shape index (κ3) is 3.35. The molecular weight excluding hydrogens is 260 g/mol. The number of aryl methyl sites for hydroxylation is 1. The average Bonchev–Trinajstić information content (AvgIpc) is 2.42. The van der Waals surface area contributed by atoms with Gasteiger partial charge in [-0.2, -0.15) is 4.98 Å². The van der Waals surface area contributed by atoms with Crippen molar-refractivity contribution in [3.05, 3.63) is 46.6 Å². The van der Waals surface area contributed by atoms with Crippen LogP contribution in [0.25, 0.3) is 0 Å². The second-order valence-electron chi connectivity index (χ2n) is 4.39. The highest BCUT2D eigenvalue weighted by Gasteiger charge is 2.09. The first-order chi connectivity index (χ1) is 9.10. The predicted octanol–water partition coefficient (Wildman–Crippen LogP) is 3.65. The highest BCUT2D eigenvalue weighted by molar-refractivity contribution is 6.30. The van der Waals surface area contributed by atoms with Crippen molar-refractivity contribution in [2.24, 2.45) is 0 Å². The largest absolute Gasteiger partial charge is 0.363 e. The highest BCUT2D eigenvalue weighted by Crippen LogP contribution is 2.22. The Morgan fingerprint density at radius 3 is 2.53 bits per heavy atom. The maximum absolute atomic E-state index is 5.89. The number of anilines is 2. The van der Waals surface area contributed by atoms with Gasteiger partial charge in [0, 0.05) is 29.9 Å². The van der Waals surface area contributed by atoms with E-state index in [1.54, 1.807) is 13.2 Å². The fourth-order valence-corrected chi connectivity index (χ4v) is 1.87. The van der Waals surface area contributed by atoms with Crippen LogP contribution in [0.2, 0.25) is 5.02 Å². The van der Waals surface area contributed by atoms with Crippen molar-refractivity contribution in [2.75, 3.05) is 17.7 Å². The quantitative estimate of drug-likeness (QED) is 0.895. The van der Waals surface area contributed by atoms with Gasteiger partial charge >= 0.3 is 0 Å². The standard InChI is InChI=1S/C14H17ClN4/c1-9-8-17-14(16-3)19-13(9)18-10(2)11-4-6-12(15)7-5-11/h4-8,10H,1-3H3,(H2,16,17,18,19). The molecule has 5 heteroatoms. The molecule has 4 nitrogen and oxygen atoms in total. The number of hydrogen-bond acceptors (Lipinski definition) is 4. The first kappa shape index (κ1) is 13.6.